The van der Waals surface area contributed by atoms with E-state index in [9.17, 15) is 9.59 Å². The minimum atomic E-state index is -0.544. The summed E-state index contributed by atoms with van der Waals surface area (Å²) in [4.78, 5) is 29.1. The fourth-order valence-electron chi connectivity index (χ4n) is 3.16. The number of aryl methyl sites for hydroxylation is 2. The quantitative estimate of drug-likeness (QED) is 0.625. The van der Waals surface area contributed by atoms with Gasteiger partial charge < -0.3 is 16.0 Å². The third-order valence-corrected chi connectivity index (χ3v) is 4.77. The van der Waals surface area contributed by atoms with Gasteiger partial charge in [-0.2, -0.15) is 0 Å². The molecule has 1 heterocycles. The highest BCUT2D eigenvalue weighted by Crippen LogP contribution is 2.22. The molecule has 29 heavy (non-hydrogen) atoms. The van der Waals surface area contributed by atoms with E-state index in [0.29, 0.717) is 18.2 Å². The molecule has 2 aromatic rings. The molecule has 2 rings (SSSR count). The Kier molecular flexibility index (Phi) is 7.24. The summed E-state index contributed by atoms with van der Waals surface area (Å²) >= 11 is 5.65. The normalized spacial score (nSPS) is 11.2. The molecule has 158 valence electrons. The number of aromatic amines is 1. The summed E-state index contributed by atoms with van der Waals surface area (Å²) in [5.74, 6) is 0.517. The lowest BCUT2D eigenvalue weighted by Crippen LogP contribution is -2.44. The van der Waals surface area contributed by atoms with Gasteiger partial charge in [-0.3, -0.25) is 14.3 Å². The molecule has 0 aliphatic carbocycles. The van der Waals surface area contributed by atoms with Crippen LogP contribution < -0.4 is 27.2 Å². The molecular formula is C21H31N5O2S. The van der Waals surface area contributed by atoms with Crippen molar-refractivity contribution in [3.63, 3.8) is 0 Å². The Hall–Kier alpha value is -2.61. The topological polar surface area (TPSA) is 96.2 Å². The first kappa shape index (κ1) is 22.7. The zero-order chi connectivity index (χ0) is 21.9. The average Bonchev–Trinajstić information content (AvgIpc) is 2.59. The van der Waals surface area contributed by atoms with Gasteiger partial charge in [-0.05, 0) is 49.5 Å². The Bertz CT molecular complexity index is 1010. The van der Waals surface area contributed by atoms with E-state index < -0.39 is 11.2 Å². The van der Waals surface area contributed by atoms with Crippen molar-refractivity contribution in [3.8, 4) is 0 Å². The van der Waals surface area contributed by atoms with E-state index in [1.54, 1.807) is 4.90 Å². The summed E-state index contributed by atoms with van der Waals surface area (Å²) in [7, 11) is 0. The number of nitrogens with two attached hydrogens (primary N) is 1. The second kappa shape index (κ2) is 9.26. The van der Waals surface area contributed by atoms with E-state index in [0.717, 1.165) is 16.8 Å². The molecule has 0 saturated carbocycles. The first-order chi connectivity index (χ1) is 13.5. The molecular weight excluding hydrogens is 386 g/mol. The molecule has 0 fully saturated rings. The van der Waals surface area contributed by atoms with Crippen molar-refractivity contribution in [2.24, 2.45) is 11.8 Å². The van der Waals surface area contributed by atoms with Gasteiger partial charge in [0.2, 0.25) is 0 Å². The first-order valence-corrected chi connectivity index (χ1v) is 10.2. The van der Waals surface area contributed by atoms with Crippen molar-refractivity contribution >= 4 is 34.5 Å². The maximum absolute atomic E-state index is 12.7. The number of benzene rings is 1. The van der Waals surface area contributed by atoms with Crippen LogP contribution in [-0.2, 0) is 6.54 Å². The third-order valence-electron chi connectivity index (χ3n) is 4.45. The number of H-pyrrole nitrogens is 1. The lowest BCUT2D eigenvalue weighted by atomic mass is 10.1. The van der Waals surface area contributed by atoms with Crippen molar-refractivity contribution in [3.05, 3.63) is 50.2 Å². The van der Waals surface area contributed by atoms with E-state index in [-0.39, 0.29) is 23.3 Å². The van der Waals surface area contributed by atoms with Crippen molar-refractivity contribution in [1.29, 1.82) is 0 Å². The highest BCUT2D eigenvalue weighted by atomic mass is 32.1. The minimum absolute atomic E-state index is 0.123. The predicted molar refractivity (Wildman–Crippen MR) is 125 cm³/mol. The number of nitrogens with one attached hydrogen (secondary N) is 2. The smallest absolute Gasteiger partial charge is 0.330 e. The van der Waals surface area contributed by atoms with Crippen LogP contribution in [0.25, 0.3) is 0 Å². The molecule has 0 saturated heterocycles. The van der Waals surface area contributed by atoms with Crippen LogP contribution in [0.3, 0.4) is 0 Å². The van der Waals surface area contributed by atoms with E-state index in [1.807, 2.05) is 53.7 Å². The molecule has 1 aromatic carbocycles. The second-order valence-electron chi connectivity index (χ2n) is 8.25. The fourth-order valence-corrected chi connectivity index (χ4v) is 3.44. The van der Waals surface area contributed by atoms with Crippen LogP contribution in [0, 0.1) is 25.7 Å². The van der Waals surface area contributed by atoms with E-state index in [1.165, 1.54) is 4.57 Å². The van der Waals surface area contributed by atoms with Gasteiger partial charge in [-0.1, -0.05) is 45.4 Å². The summed E-state index contributed by atoms with van der Waals surface area (Å²) in [6.45, 7) is 12.9. The maximum atomic E-state index is 12.7. The molecule has 7 nitrogen and oxygen atoms in total. The summed E-state index contributed by atoms with van der Waals surface area (Å²) in [6.07, 6.45) is 0. The minimum Gasteiger partial charge on any atom is -0.383 e. The van der Waals surface area contributed by atoms with Gasteiger partial charge in [0.05, 0.1) is 0 Å². The van der Waals surface area contributed by atoms with Gasteiger partial charge in [0.1, 0.15) is 5.82 Å². The second-order valence-corrected chi connectivity index (χ2v) is 8.64. The van der Waals surface area contributed by atoms with Gasteiger partial charge in [0.15, 0.2) is 10.8 Å². The molecule has 0 aliphatic heterocycles. The predicted octanol–water partition coefficient (Wildman–Crippen LogP) is 3.25. The van der Waals surface area contributed by atoms with Gasteiger partial charge in [-0.15, -0.1) is 0 Å². The fraction of sp³-hybridized carbons (Fsp3) is 0.476. The molecule has 0 unspecified atom stereocenters. The Morgan fingerprint density at radius 2 is 1.86 bits per heavy atom. The summed E-state index contributed by atoms with van der Waals surface area (Å²) in [5, 5.41) is 3.59. The van der Waals surface area contributed by atoms with Crippen LogP contribution in [0.5, 0.6) is 0 Å². The Labute approximate surface area is 176 Å². The van der Waals surface area contributed by atoms with Crippen LogP contribution in [0.1, 0.15) is 38.8 Å². The summed E-state index contributed by atoms with van der Waals surface area (Å²) in [5.41, 5.74) is 8.50. The Morgan fingerprint density at radius 1 is 1.21 bits per heavy atom. The number of rotatable bonds is 6. The Balaban J connectivity index is 2.53. The molecule has 0 atom stereocenters. The van der Waals surface area contributed by atoms with Crippen LogP contribution in [0.15, 0.2) is 27.8 Å². The van der Waals surface area contributed by atoms with Crippen LogP contribution in [-0.4, -0.2) is 21.2 Å². The number of nitrogen functional groups attached to an aromatic ring is 1. The average molecular weight is 418 g/mol. The zero-order valence-corrected chi connectivity index (χ0v) is 18.8. The highest BCUT2D eigenvalue weighted by molar-refractivity contribution is 7.80. The standard InChI is InChI=1S/C21H31N5O2S/c1-12(2)10-25(21(29)23-16-8-7-14(5)9-15(16)6)17-18(22)26(11-13(3)4)20(28)24-19(17)27/h7-9,12-13H,10-11,22H2,1-6H3,(H,23,29)(H,24,27,28). The molecule has 0 bridgehead atoms. The van der Waals surface area contributed by atoms with Gasteiger partial charge in [-0.25, -0.2) is 4.79 Å². The van der Waals surface area contributed by atoms with Gasteiger partial charge in [0, 0.05) is 18.8 Å². The number of nitrogens with zero attached hydrogens (tertiary/aromatic N) is 2. The number of hydrogen-bond acceptors (Lipinski definition) is 4. The van der Waals surface area contributed by atoms with E-state index in [2.05, 4.69) is 16.4 Å². The lowest BCUT2D eigenvalue weighted by Gasteiger charge is -2.29. The van der Waals surface area contributed by atoms with E-state index in [4.69, 9.17) is 18.0 Å². The van der Waals surface area contributed by atoms with Gasteiger partial charge in [0.25, 0.3) is 5.56 Å². The van der Waals surface area contributed by atoms with Crippen LogP contribution >= 0.6 is 12.2 Å². The number of thiocarbonyl (C=S) groups is 1. The number of aromatic nitrogens is 2. The monoisotopic (exact) mass is 417 g/mol. The molecule has 4 N–H and O–H groups in total. The molecule has 8 heteroatoms. The number of hydrogen-bond donors (Lipinski definition) is 3. The Morgan fingerprint density at radius 3 is 2.41 bits per heavy atom. The molecule has 0 aliphatic rings. The zero-order valence-electron chi connectivity index (χ0n) is 18.0. The largest absolute Gasteiger partial charge is 0.383 e. The van der Waals surface area contributed by atoms with Crippen molar-refractivity contribution in [2.75, 3.05) is 22.5 Å². The van der Waals surface area contributed by atoms with Crippen LogP contribution in [0.4, 0.5) is 17.2 Å². The summed E-state index contributed by atoms with van der Waals surface area (Å²) < 4.78 is 1.40. The third kappa shape index (κ3) is 5.47. The molecule has 1 aromatic heterocycles. The van der Waals surface area contributed by atoms with Crippen molar-refractivity contribution in [1.82, 2.24) is 9.55 Å². The van der Waals surface area contributed by atoms with Crippen LogP contribution in [0.2, 0.25) is 0 Å². The van der Waals surface area contributed by atoms with Crippen molar-refractivity contribution in [2.45, 2.75) is 48.1 Å². The molecule has 0 radical (unpaired) electrons. The summed E-state index contributed by atoms with van der Waals surface area (Å²) in [6, 6.07) is 6.01. The number of anilines is 3. The van der Waals surface area contributed by atoms with E-state index >= 15 is 0 Å². The maximum Gasteiger partial charge on any atom is 0.330 e. The molecule has 0 amide bonds. The van der Waals surface area contributed by atoms with Gasteiger partial charge >= 0.3 is 5.69 Å². The highest BCUT2D eigenvalue weighted by Gasteiger charge is 2.23. The molecule has 0 spiro atoms. The lowest BCUT2D eigenvalue weighted by molar-refractivity contribution is 0.507. The first-order valence-electron chi connectivity index (χ1n) is 9.79. The SMILES string of the molecule is Cc1ccc(NC(=S)N(CC(C)C)c2c(N)n(CC(C)C)c(=O)[nH]c2=O)c(C)c1. The van der Waals surface area contributed by atoms with Crippen molar-refractivity contribution < 1.29 is 0 Å².